The van der Waals surface area contributed by atoms with Crippen LogP contribution in [0.3, 0.4) is 0 Å². The summed E-state index contributed by atoms with van der Waals surface area (Å²) in [6, 6.07) is 7.86. The number of imide groups is 1. The Balaban J connectivity index is 1.44. The number of primary amides is 1. The lowest BCUT2D eigenvalue weighted by molar-refractivity contribution is -0.143. The summed E-state index contributed by atoms with van der Waals surface area (Å²) in [6.07, 6.45) is -0.206. The quantitative estimate of drug-likeness (QED) is 0.540. The second-order valence-electron chi connectivity index (χ2n) is 9.31. The number of nitrogens with two attached hydrogens (primary N) is 1. The van der Waals surface area contributed by atoms with Crippen LogP contribution in [0.2, 0.25) is 5.02 Å². The van der Waals surface area contributed by atoms with Crippen molar-refractivity contribution in [2.24, 2.45) is 17.6 Å². The van der Waals surface area contributed by atoms with E-state index in [1.165, 1.54) is 0 Å². The van der Waals surface area contributed by atoms with Gasteiger partial charge in [-0.05, 0) is 36.2 Å². The lowest BCUT2D eigenvalue weighted by atomic mass is 9.76. The number of fused-ring (bicyclic) bond motifs is 5. The molecule has 4 amide bonds. The lowest BCUT2D eigenvalue weighted by Crippen LogP contribution is -2.53. The zero-order chi connectivity index (χ0) is 24.6. The number of hydrogen-bond acceptors (Lipinski definition) is 7. The van der Waals surface area contributed by atoms with E-state index in [-0.39, 0.29) is 19.8 Å². The third kappa shape index (κ3) is 2.99. The summed E-state index contributed by atoms with van der Waals surface area (Å²) in [5.41, 5.74) is 6.26. The molecule has 0 aromatic heterocycles. The molecule has 2 fully saturated rings. The van der Waals surface area contributed by atoms with Gasteiger partial charge in [0.25, 0.3) is 0 Å². The Morgan fingerprint density at radius 2 is 1.94 bits per heavy atom. The number of ether oxygens (including phenoxy) is 2. The molecule has 4 atom stereocenters. The van der Waals surface area contributed by atoms with E-state index in [0.717, 1.165) is 10.5 Å². The molecule has 2 aromatic carbocycles. The van der Waals surface area contributed by atoms with Crippen LogP contribution in [0.1, 0.15) is 23.1 Å². The Bertz CT molecular complexity index is 1350. The standard InChI is InChI=1S/C24H21ClN4O6/c1-10-4-12-20(13(25)5-10)27-23(33)24(12)19-18(14(28-24)7-17(26)30)21(31)29(22(19)32)8-11-2-3-15-16(6-11)35-9-34-15/h2-6,14,18-19,28H,7-9H2,1H3,(H2,26,30)(H,27,33)/t14-,18-,19+,24+/m1/s1. The Hall–Kier alpha value is -3.63. The first-order chi connectivity index (χ1) is 16.7. The maximum atomic E-state index is 13.8. The molecule has 4 N–H and O–H groups in total. The van der Waals surface area contributed by atoms with Crippen molar-refractivity contribution >= 4 is 40.9 Å². The van der Waals surface area contributed by atoms with E-state index >= 15 is 0 Å². The topological polar surface area (TPSA) is 140 Å². The fourth-order valence-electron chi connectivity index (χ4n) is 5.82. The number of likely N-dealkylation sites (tertiary alicyclic amines) is 1. The SMILES string of the molecule is Cc1cc(Cl)c2c(c1)[C@@]1(N[C@H](CC(N)=O)[C@H]3C(=O)N(Cc4ccc5c(c4)OCO5)C(=O)[C@H]31)C(=O)N2. The van der Waals surface area contributed by atoms with Crippen molar-refractivity contribution in [1.29, 1.82) is 0 Å². The number of rotatable bonds is 4. The summed E-state index contributed by atoms with van der Waals surface area (Å²) < 4.78 is 10.7. The summed E-state index contributed by atoms with van der Waals surface area (Å²) in [7, 11) is 0. The largest absolute Gasteiger partial charge is 0.454 e. The highest BCUT2D eigenvalue weighted by Gasteiger charge is 2.70. The van der Waals surface area contributed by atoms with Crippen LogP contribution >= 0.6 is 11.6 Å². The lowest BCUT2D eigenvalue weighted by Gasteiger charge is -2.29. The number of anilines is 1. The highest BCUT2D eigenvalue weighted by Crippen LogP contribution is 2.55. The number of nitrogens with one attached hydrogen (secondary N) is 2. The third-order valence-electron chi connectivity index (χ3n) is 7.21. The molecule has 11 heteroatoms. The minimum Gasteiger partial charge on any atom is -0.454 e. The monoisotopic (exact) mass is 496 g/mol. The van der Waals surface area contributed by atoms with Gasteiger partial charge in [-0.15, -0.1) is 0 Å². The first kappa shape index (κ1) is 21.9. The molecule has 4 heterocycles. The molecule has 4 aliphatic rings. The predicted molar refractivity (Wildman–Crippen MR) is 122 cm³/mol. The fourth-order valence-corrected chi connectivity index (χ4v) is 6.14. The maximum absolute atomic E-state index is 13.8. The molecule has 6 rings (SSSR count). The molecule has 0 bridgehead atoms. The number of halogens is 1. The second-order valence-corrected chi connectivity index (χ2v) is 9.71. The van der Waals surface area contributed by atoms with Crippen molar-refractivity contribution in [3.8, 4) is 11.5 Å². The fraction of sp³-hybridized carbons (Fsp3) is 0.333. The van der Waals surface area contributed by atoms with Gasteiger partial charge in [0.05, 0.1) is 29.1 Å². The van der Waals surface area contributed by atoms with Gasteiger partial charge in [0.1, 0.15) is 5.54 Å². The summed E-state index contributed by atoms with van der Waals surface area (Å²) in [6.45, 7) is 1.91. The Morgan fingerprint density at radius 3 is 2.71 bits per heavy atom. The van der Waals surface area contributed by atoms with Crippen LogP contribution in [0.4, 0.5) is 5.69 Å². The van der Waals surface area contributed by atoms with Crippen LogP contribution in [-0.2, 0) is 31.3 Å². The normalized spacial score (nSPS) is 28.0. The van der Waals surface area contributed by atoms with E-state index in [1.54, 1.807) is 30.3 Å². The van der Waals surface area contributed by atoms with E-state index in [1.807, 2.05) is 6.92 Å². The highest BCUT2D eigenvalue weighted by atomic mass is 35.5. The average molecular weight is 497 g/mol. The van der Waals surface area contributed by atoms with E-state index < -0.39 is 47.0 Å². The van der Waals surface area contributed by atoms with Gasteiger partial charge in [-0.3, -0.25) is 29.4 Å². The zero-order valence-corrected chi connectivity index (χ0v) is 19.3. The molecule has 1 spiro atoms. The summed E-state index contributed by atoms with van der Waals surface area (Å²) in [4.78, 5) is 54.0. The van der Waals surface area contributed by atoms with Crippen molar-refractivity contribution in [1.82, 2.24) is 10.2 Å². The van der Waals surface area contributed by atoms with Gasteiger partial charge in [0.2, 0.25) is 30.4 Å². The van der Waals surface area contributed by atoms with Crippen LogP contribution in [-0.4, -0.2) is 41.4 Å². The van der Waals surface area contributed by atoms with Crippen LogP contribution in [0.5, 0.6) is 11.5 Å². The minimum absolute atomic E-state index is 0.0102. The van der Waals surface area contributed by atoms with E-state index in [0.29, 0.717) is 33.3 Å². The number of carbonyl (C=O) groups excluding carboxylic acids is 4. The summed E-state index contributed by atoms with van der Waals surface area (Å²) in [5, 5.41) is 6.27. The highest BCUT2D eigenvalue weighted by molar-refractivity contribution is 6.35. The number of aryl methyl sites for hydroxylation is 1. The van der Waals surface area contributed by atoms with Gasteiger partial charge >= 0.3 is 0 Å². The molecule has 10 nitrogen and oxygen atoms in total. The van der Waals surface area contributed by atoms with Crippen molar-refractivity contribution in [3.05, 3.63) is 52.0 Å². The van der Waals surface area contributed by atoms with Gasteiger partial charge in [-0.25, -0.2) is 0 Å². The molecular weight excluding hydrogens is 476 g/mol. The van der Waals surface area contributed by atoms with Gasteiger partial charge in [0.15, 0.2) is 11.5 Å². The molecule has 4 aliphatic heterocycles. The van der Waals surface area contributed by atoms with Crippen LogP contribution in [0, 0.1) is 18.8 Å². The third-order valence-corrected chi connectivity index (χ3v) is 7.51. The molecule has 0 aliphatic carbocycles. The van der Waals surface area contributed by atoms with E-state index in [4.69, 9.17) is 26.8 Å². The summed E-state index contributed by atoms with van der Waals surface area (Å²) in [5.74, 6) is -3.00. The smallest absolute Gasteiger partial charge is 0.250 e. The maximum Gasteiger partial charge on any atom is 0.250 e. The number of carbonyl (C=O) groups is 4. The molecule has 0 unspecified atom stereocenters. The molecular formula is C24H21ClN4O6. The number of hydrogen-bond donors (Lipinski definition) is 3. The van der Waals surface area contributed by atoms with Crippen LogP contribution in [0.15, 0.2) is 30.3 Å². The molecule has 0 radical (unpaired) electrons. The zero-order valence-electron chi connectivity index (χ0n) is 18.6. The molecule has 0 saturated carbocycles. The first-order valence-corrected chi connectivity index (χ1v) is 11.5. The Morgan fingerprint density at radius 1 is 1.17 bits per heavy atom. The molecule has 180 valence electrons. The van der Waals surface area contributed by atoms with Gasteiger partial charge in [-0.1, -0.05) is 23.7 Å². The first-order valence-electron chi connectivity index (χ1n) is 11.1. The number of nitrogens with zero attached hydrogens (tertiary/aromatic N) is 1. The minimum atomic E-state index is -1.55. The number of amides is 4. The van der Waals surface area contributed by atoms with Gasteiger partial charge in [-0.2, -0.15) is 0 Å². The second kappa shape index (κ2) is 7.43. The van der Waals surface area contributed by atoms with Gasteiger partial charge in [0, 0.05) is 18.0 Å². The molecule has 2 aromatic rings. The van der Waals surface area contributed by atoms with Gasteiger partial charge < -0.3 is 20.5 Å². The van der Waals surface area contributed by atoms with Crippen LogP contribution in [0.25, 0.3) is 0 Å². The molecule has 2 saturated heterocycles. The number of benzene rings is 2. The van der Waals surface area contributed by atoms with Crippen molar-refractivity contribution in [2.45, 2.75) is 31.5 Å². The Kier molecular flexibility index (Phi) is 4.64. The van der Waals surface area contributed by atoms with Crippen molar-refractivity contribution < 1.29 is 28.7 Å². The van der Waals surface area contributed by atoms with E-state index in [9.17, 15) is 19.2 Å². The molecule has 35 heavy (non-hydrogen) atoms. The summed E-state index contributed by atoms with van der Waals surface area (Å²) >= 11 is 6.41. The van der Waals surface area contributed by atoms with E-state index in [2.05, 4.69) is 10.6 Å². The van der Waals surface area contributed by atoms with Crippen molar-refractivity contribution in [3.63, 3.8) is 0 Å². The predicted octanol–water partition coefficient (Wildman–Crippen LogP) is 1.17. The van der Waals surface area contributed by atoms with Crippen LogP contribution < -0.4 is 25.8 Å². The van der Waals surface area contributed by atoms with Crippen molar-refractivity contribution in [2.75, 3.05) is 12.1 Å². The average Bonchev–Trinajstić information content (AvgIpc) is 3.51. The Labute approximate surface area is 204 Å².